The highest BCUT2D eigenvalue weighted by Gasteiger charge is 2.00. The standard InChI is InChI=1S/C19H34O4/c1-17(14-10-7-8-12-16-19(21)23-3)13-9-5-4-6-11-15-18(20)22-2/h13H,4-12,14-16H2,1-3H3/b17-13+. The summed E-state index contributed by atoms with van der Waals surface area (Å²) in [6.07, 6.45) is 14.5. The van der Waals surface area contributed by atoms with Crippen LogP contribution in [0.15, 0.2) is 11.6 Å². The number of hydrogen-bond donors (Lipinski definition) is 0. The van der Waals surface area contributed by atoms with Gasteiger partial charge in [-0.15, -0.1) is 0 Å². The minimum atomic E-state index is -0.104. The van der Waals surface area contributed by atoms with Gasteiger partial charge in [-0.2, -0.15) is 0 Å². The fourth-order valence-corrected chi connectivity index (χ4v) is 2.45. The van der Waals surface area contributed by atoms with Crippen LogP contribution in [-0.4, -0.2) is 26.2 Å². The molecule has 0 aromatic heterocycles. The van der Waals surface area contributed by atoms with Gasteiger partial charge in [-0.05, 0) is 45.4 Å². The summed E-state index contributed by atoms with van der Waals surface area (Å²) in [6.45, 7) is 2.20. The molecule has 0 bridgehead atoms. The predicted octanol–water partition coefficient (Wildman–Crippen LogP) is 4.96. The van der Waals surface area contributed by atoms with Crippen LogP contribution in [0.5, 0.6) is 0 Å². The first-order valence-electron chi connectivity index (χ1n) is 8.89. The third-order valence-corrected chi connectivity index (χ3v) is 3.99. The average Bonchev–Trinajstić information content (AvgIpc) is 2.56. The normalized spacial score (nSPS) is 11.3. The quantitative estimate of drug-likeness (QED) is 0.257. The lowest BCUT2D eigenvalue weighted by molar-refractivity contribution is -0.141. The van der Waals surface area contributed by atoms with Gasteiger partial charge in [-0.1, -0.05) is 37.3 Å². The number of hydrogen-bond acceptors (Lipinski definition) is 4. The third-order valence-electron chi connectivity index (χ3n) is 3.99. The van der Waals surface area contributed by atoms with Gasteiger partial charge in [0.1, 0.15) is 0 Å². The first kappa shape index (κ1) is 21.7. The number of methoxy groups -OCH3 is 2. The van der Waals surface area contributed by atoms with E-state index in [0.717, 1.165) is 38.5 Å². The molecule has 0 N–H and O–H groups in total. The zero-order valence-electron chi connectivity index (χ0n) is 15.2. The van der Waals surface area contributed by atoms with E-state index >= 15 is 0 Å². The van der Waals surface area contributed by atoms with Crippen molar-refractivity contribution >= 4 is 11.9 Å². The summed E-state index contributed by atoms with van der Waals surface area (Å²) in [5, 5.41) is 0. The van der Waals surface area contributed by atoms with Gasteiger partial charge in [0.2, 0.25) is 0 Å². The number of esters is 2. The Balaban J connectivity index is 3.40. The van der Waals surface area contributed by atoms with Gasteiger partial charge >= 0.3 is 11.9 Å². The minimum Gasteiger partial charge on any atom is -0.469 e. The van der Waals surface area contributed by atoms with Gasteiger partial charge in [0.05, 0.1) is 14.2 Å². The smallest absolute Gasteiger partial charge is 0.305 e. The molecule has 134 valence electrons. The van der Waals surface area contributed by atoms with Gasteiger partial charge in [0.15, 0.2) is 0 Å². The van der Waals surface area contributed by atoms with Crippen molar-refractivity contribution in [1.29, 1.82) is 0 Å². The lowest BCUT2D eigenvalue weighted by Crippen LogP contribution is -1.99. The summed E-state index contributed by atoms with van der Waals surface area (Å²) in [7, 11) is 2.88. The van der Waals surface area contributed by atoms with E-state index in [1.54, 1.807) is 0 Å². The first-order chi connectivity index (χ1) is 11.1. The van der Waals surface area contributed by atoms with E-state index in [1.165, 1.54) is 45.5 Å². The van der Waals surface area contributed by atoms with Crippen LogP contribution in [0, 0.1) is 0 Å². The number of rotatable bonds is 14. The summed E-state index contributed by atoms with van der Waals surface area (Å²) in [5.74, 6) is -0.208. The van der Waals surface area contributed by atoms with E-state index in [1.807, 2.05) is 0 Å². The monoisotopic (exact) mass is 326 g/mol. The number of carbonyl (C=O) groups excluding carboxylic acids is 2. The number of carbonyl (C=O) groups is 2. The van der Waals surface area contributed by atoms with Crippen molar-refractivity contribution in [2.24, 2.45) is 0 Å². The molecule has 0 aromatic rings. The van der Waals surface area contributed by atoms with Crippen molar-refractivity contribution in [3.05, 3.63) is 11.6 Å². The van der Waals surface area contributed by atoms with Crippen molar-refractivity contribution in [3.8, 4) is 0 Å². The Kier molecular flexibility index (Phi) is 14.7. The first-order valence-corrected chi connectivity index (χ1v) is 8.89. The molecule has 0 radical (unpaired) electrons. The van der Waals surface area contributed by atoms with Gasteiger partial charge in [0.25, 0.3) is 0 Å². The van der Waals surface area contributed by atoms with E-state index in [2.05, 4.69) is 22.5 Å². The zero-order valence-corrected chi connectivity index (χ0v) is 15.2. The van der Waals surface area contributed by atoms with E-state index in [0.29, 0.717) is 12.8 Å². The molecule has 0 rings (SSSR count). The molecule has 4 heteroatoms. The van der Waals surface area contributed by atoms with Gasteiger partial charge < -0.3 is 9.47 Å². The molecule has 0 unspecified atom stereocenters. The fraction of sp³-hybridized carbons (Fsp3) is 0.789. The molecule has 0 saturated carbocycles. The molecule has 0 fully saturated rings. The Morgan fingerprint density at radius 1 is 0.696 bits per heavy atom. The van der Waals surface area contributed by atoms with Crippen molar-refractivity contribution in [2.45, 2.75) is 84.0 Å². The maximum absolute atomic E-state index is 11.0. The topological polar surface area (TPSA) is 52.6 Å². The molecule has 0 aromatic carbocycles. The van der Waals surface area contributed by atoms with Crippen LogP contribution < -0.4 is 0 Å². The van der Waals surface area contributed by atoms with E-state index in [4.69, 9.17) is 0 Å². The fourth-order valence-electron chi connectivity index (χ4n) is 2.45. The van der Waals surface area contributed by atoms with E-state index < -0.39 is 0 Å². The van der Waals surface area contributed by atoms with Crippen LogP contribution in [0.4, 0.5) is 0 Å². The van der Waals surface area contributed by atoms with Crippen molar-refractivity contribution in [1.82, 2.24) is 0 Å². The molecule has 0 heterocycles. The lowest BCUT2D eigenvalue weighted by Gasteiger charge is -2.03. The number of unbranched alkanes of at least 4 members (excludes halogenated alkanes) is 7. The molecule has 0 aliphatic rings. The van der Waals surface area contributed by atoms with Crippen LogP contribution in [0.25, 0.3) is 0 Å². The van der Waals surface area contributed by atoms with Crippen molar-refractivity contribution < 1.29 is 19.1 Å². The molecular formula is C19H34O4. The van der Waals surface area contributed by atoms with Crippen molar-refractivity contribution in [3.63, 3.8) is 0 Å². The van der Waals surface area contributed by atoms with Crippen LogP contribution in [0.3, 0.4) is 0 Å². The largest absolute Gasteiger partial charge is 0.469 e. The summed E-state index contributed by atoms with van der Waals surface area (Å²) in [6, 6.07) is 0. The maximum atomic E-state index is 11.0. The Morgan fingerprint density at radius 3 is 1.61 bits per heavy atom. The van der Waals surface area contributed by atoms with Crippen LogP contribution in [0.2, 0.25) is 0 Å². The van der Waals surface area contributed by atoms with Gasteiger partial charge in [0, 0.05) is 12.8 Å². The molecule has 0 amide bonds. The Bertz CT molecular complexity index is 347. The average molecular weight is 326 g/mol. The summed E-state index contributed by atoms with van der Waals surface area (Å²) in [4.78, 5) is 21.9. The van der Waals surface area contributed by atoms with Crippen LogP contribution in [-0.2, 0) is 19.1 Å². The highest BCUT2D eigenvalue weighted by atomic mass is 16.5. The third kappa shape index (κ3) is 15.4. The lowest BCUT2D eigenvalue weighted by atomic mass is 10.0. The van der Waals surface area contributed by atoms with Crippen molar-refractivity contribution in [2.75, 3.05) is 14.2 Å². The number of ether oxygens (including phenoxy) is 2. The van der Waals surface area contributed by atoms with Gasteiger partial charge in [-0.3, -0.25) is 9.59 Å². The molecule has 0 saturated heterocycles. The molecule has 4 nitrogen and oxygen atoms in total. The van der Waals surface area contributed by atoms with Crippen LogP contribution >= 0.6 is 0 Å². The predicted molar refractivity (Wildman–Crippen MR) is 93.2 cm³/mol. The second-order valence-electron chi connectivity index (χ2n) is 6.07. The Hall–Kier alpha value is -1.32. The molecule has 0 aliphatic heterocycles. The minimum absolute atomic E-state index is 0.104. The van der Waals surface area contributed by atoms with Gasteiger partial charge in [-0.25, -0.2) is 0 Å². The highest BCUT2D eigenvalue weighted by Crippen LogP contribution is 2.13. The molecule has 0 atom stereocenters. The summed E-state index contributed by atoms with van der Waals surface area (Å²) >= 11 is 0. The Labute approximate surface area is 141 Å². The molecule has 23 heavy (non-hydrogen) atoms. The summed E-state index contributed by atoms with van der Waals surface area (Å²) < 4.78 is 9.24. The molecule has 0 aliphatic carbocycles. The SMILES string of the molecule is COC(=O)CCCCCC/C=C(\C)CCCCCCC(=O)OC. The van der Waals surface area contributed by atoms with Crippen LogP contribution in [0.1, 0.15) is 84.0 Å². The highest BCUT2D eigenvalue weighted by molar-refractivity contribution is 5.69. The second-order valence-corrected chi connectivity index (χ2v) is 6.07. The van der Waals surface area contributed by atoms with E-state index in [-0.39, 0.29) is 11.9 Å². The molecule has 0 spiro atoms. The maximum Gasteiger partial charge on any atom is 0.305 e. The second kappa shape index (κ2) is 15.6. The molecular weight excluding hydrogens is 292 g/mol. The van der Waals surface area contributed by atoms with E-state index in [9.17, 15) is 9.59 Å². The Morgan fingerprint density at radius 2 is 1.13 bits per heavy atom. The number of allylic oxidation sites excluding steroid dienone is 2. The zero-order chi connectivity index (χ0) is 17.3. The summed E-state index contributed by atoms with van der Waals surface area (Å²) in [5.41, 5.74) is 1.47.